The highest BCUT2D eigenvalue weighted by molar-refractivity contribution is 7.18. The van der Waals surface area contributed by atoms with Crippen LogP contribution in [0.5, 0.6) is 0 Å². The number of methoxy groups -OCH3 is 1. The number of nitrogens with zero attached hydrogens (tertiary/aromatic N) is 3. The third-order valence-electron chi connectivity index (χ3n) is 4.85. The van der Waals surface area contributed by atoms with E-state index < -0.39 is 0 Å². The number of ether oxygens (including phenoxy) is 1. The molecule has 1 aliphatic rings. The summed E-state index contributed by atoms with van der Waals surface area (Å²) in [4.78, 5) is 24.5. The SMILES string of the molecule is COCCn1c(-c2cccnc2)nc2sc3c(c2c1=O)CCC(C)C3. The van der Waals surface area contributed by atoms with Crippen LogP contribution in [0.25, 0.3) is 21.6 Å². The Morgan fingerprint density at radius 3 is 3.08 bits per heavy atom. The van der Waals surface area contributed by atoms with Gasteiger partial charge in [-0.2, -0.15) is 0 Å². The van der Waals surface area contributed by atoms with Crippen molar-refractivity contribution in [1.82, 2.24) is 14.5 Å². The van der Waals surface area contributed by atoms with E-state index in [0.717, 1.165) is 35.0 Å². The highest BCUT2D eigenvalue weighted by Crippen LogP contribution is 2.36. The van der Waals surface area contributed by atoms with Gasteiger partial charge in [-0.05, 0) is 42.9 Å². The molecule has 0 saturated carbocycles. The Kier molecular flexibility index (Phi) is 4.39. The Bertz CT molecular complexity index is 962. The van der Waals surface area contributed by atoms with Gasteiger partial charge >= 0.3 is 0 Å². The van der Waals surface area contributed by atoms with Crippen LogP contribution in [0.1, 0.15) is 23.8 Å². The fraction of sp³-hybridized carbons (Fsp3) is 0.421. The maximum Gasteiger partial charge on any atom is 0.262 e. The Morgan fingerprint density at radius 1 is 1.44 bits per heavy atom. The van der Waals surface area contributed by atoms with Gasteiger partial charge in [0.05, 0.1) is 18.5 Å². The van der Waals surface area contributed by atoms with Crippen LogP contribution in [0.4, 0.5) is 0 Å². The number of aryl methyl sites for hydroxylation is 1. The van der Waals surface area contributed by atoms with Gasteiger partial charge in [-0.15, -0.1) is 11.3 Å². The lowest BCUT2D eigenvalue weighted by molar-refractivity contribution is 0.186. The number of rotatable bonds is 4. The molecule has 1 unspecified atom stereocenters. The summed E-state index contributed by atoms with van der Waals surface area (Å²) in [5, 5.41) is 0.815. The summed E-state index contributed by atoms with van der Waals surface area (Å²) in [5.41, 5.74) is 2.13. The highest BCUT2D eigenvalue weighted by Gasteiger charge is 2.24. The van der Waals surface area contributed by atoms with Crippen molar-refractivity contribution in [3.8, 4) is 11.4 Å². The summed E-state index contributed by atoms with van der Waals surface area (Å²) in [7, 11) is 1.65. The van der Waals surface area contributed by atoms with Crippen LogP contribution < -0.4 is 5.56 Å². The first-order chi connectivity index (χ1) is 12.2. The fourth-order valence-corrected chi connectivity index (χ4v) is 4.90. The second-order valence-electron chi connectivity index (χ2n) is 6.66. The molecule has 1 aliphatic carbocycles. The molecule has 3 aromatic rings. The molecule has 0 amide bonds. The van der Waals surface area contributed by atoms with Gasteiger partial charge in [-0.25, -0.2) is 4.98 Å². The van der Waals surface area contributed by atoms with Crippen LogP contribution in [0.2, 0.25) is 0 Å². The molecular weight excluding hydrogens is 334 g/mol. The standard InChI is InChI=1S/C19H21N3O2S/c1-12-5-6-14-15(10-12)25-18-16(14)19(23)22(8-9-24-2)17(21-18)13-4-3-7-20-11-13/h3-4,7,11-12H,5-6,8-10H2,1-2H3. The van der Waals surface area contributed by atoms with Gasteiger partial charge in [0.1, 0.15) is 10.7 Å². The zero-order chi connectivity index (χ0) is 17.4. The van der Waals surface area contributed by atoms with Crippen molar-refractivity contribution in [2.45, 2.75) is 32.7 Å². The number of aromatic nitrogens is 3. The van der Waals surface area contributed by atoms with Crippen LogP contribution in [0.15, 0.2) is 29.3 Å². The van der Waals surface area contributed by atoms with Crippen molar-refractivity contribution in [3.63, 3.8) is 0 Å². The molecule has 0 N–H and O–H groups in total. The van der Waals surface area contributed by atoms with E-state index in [9.17, 15) is 4.79 Å². The van der Waals surface area contributed by atoms with E-state index in [4.69, 9.17) is 9.72 Å². The number of hydrogen-bond acceptors (Lipinski definition) is 5. The summed E-state index contributed by atoms with van der Waals surface area (Å²) in [6, 6.07) is 3.81. The lowest BCUT2D eigenvalue weighted by Gasteiger charge is -2.17. The molecular formula is C19H21N3O2S. The first-order valence-corrected chi connectivity index (χ1v) is 9.45. The Morgan fingerprint density at radius 2 is 2.32 bits per heavy atom. The predicted molar refractivity (Wildman–Crippen MR) is 100 cm³/mol. The summed E-state index contributed by atoms with van der Waals surface area (Å²) in [6.45, 7) is 3.24. The minimum absolute atomic E-state index is 0.0490. The second-order valence-corrected chi connectivity index (χ2v) is 7.74. The van der Waals surface area contributed by atoms with Crippen LogP contribution in [-0.4, -0.2) is 28.3 Å². The summed E-state index contributed by atoms with van der Waals surface area (Å²) < 4.78 is 6.96. The van der Waals surface area contributed by atoms with Gasteiger partial charge in [0.15, 0.2) is 0 Å². The predicted octanol–water partition coefficient (Wildman–Crippen LogP) is 3.29. The van der Waals surface area contributed by atoms with Gasteiger partial charge in [-0.1, -0.05) is 6.92 Å². The van der Waals surface area contributed by atoms with E-state index in [1.807, 2.05) is 12.1 Å². The quantitative estimate of drug-likeness (QED) is 0.721. The molecule has 6 heteroatoms. The molecule has 3 aromatic heterocycles. The summed E-state index contributed by atoms with van der Waals surface area (Å²) >= 11 is 1.68. The third-order valence-corrected chi connectivity index (χ3v) is 6.00. The normalized spacial score (nSPS) is 17.0. The molecule has 0 fully saturated rings. The van der Waals surface area contributed by atoms with Crippen molar-refractivity contribution in [1.29, 1.82) is 0 Å². The smallest absolute Gasteiger partial charge is 0.262 e. The Balaban J connectivity index is 1.97. The fourth-order valence-electron chi connectivity index (χ4n) is 3.53. The maximum atomic E-state index is 13.3. The minimum Gasteiger partial charge on any atom is -0.383 e. The van der Waals surface area contributed by atoms with Crippen molar-refractivity contribution < 1.29 is 4.74 Å². The molecule has 130 valence electrons. The molecule has 5 nitrogen and oxygen atoms in total. The second kappa shape index (κ2) is 6.69. The van der Waals surface area contributed by atoms with Gasteiger partial charge < -0.3 is 4.74 Å². The van der Waals surface area contributed by atoms with E-state index >= 15 is 0 Å². The first kappa shape index (κ1) is 16.4. The number of fused-ring (bicyclic) bond motifs is 3. The van der Waals surface area contributed by atoms with E-state index in [1.54, 1.807) is 35.4 Å². The first-order valence-electron chi connectivity index (χ1n) is 8.63. The summed E-state index contributed by atoms with van der Waals surface area (Å²) in [6.07, 6.45) is 6.65. The third kappa shape index (κ3) is 2.89. The molecule has 25 heavy (non-hydrogen) atoms. The van der Waals surface area contributed by atoms with Gasteiger partial charge in [0.2, 0.25) is 0 Å². The number of hydrogen-bond donors (Lipinski definition) is 0. The van der Waals surface area contributed by atoms with Crippen LogP contribution in [0.3, 0.4) is 0 Å². The molecule has 0 saturated heterocycles. The van der Waals surface area contributed by atoms with Crippen LogP contribution >= 0.6 is 11.3 Å². The van der Waals surface area contributed by atoms with Crippen molar-refractivity contribution in [2.75, 3.05) is 13.7 Å². The van der Waals surface area contributed by atoms with Gasteiger partial charge in [-0.3, -0.25) is 14.3 Å². The van der Waals surface area contributed by atoms with E-state index in [1.165, 1.54) is 10.4 Å². The largest absolute Gasteiger partial charge is 0.383 e. The average Bonchev–Trinajstić information content (AvgIpc) is 2.99. The van der Waals surface area contributed by atoms with Crippen LogP contribution in [-0.2, 0) is 24.1 Å². The average molecular weight is 355 g/mol. The number of thiophene rings is 1. The van der Waals surface area contributed by atoms with E-state index in [-0.39, 0.29) is 5.56 Å². The molecule has 0 spiro atoms. The lowest BCUT2D eigenvalue weighted by atomic mass is 9.89. The number of pyridine rings is 1. The topological polar surface area (TPSA) is 57.0 Å². The zero-order valence-electron chi connectivity index (χ0n) is 14.5. The Hall–Kier alpha value is -2.05. The maximum absolute atomic E-state index is 13.3. The minimum atomic E-state index is 0.0490. The molecule has 0 aliphatic heterocycles. The molecule has 1 atom stereocenters. The van der Waals surface area contributed by atoms with Gasteiger partial charge in [0, 0.05) is 29.9 Å². The van der Waals surface area contributed by atoms with E-state index in [2.05, 4.69) is 11.9 Å². The Labute approximate surface area is 150 Å². The monoisotopic (exact) mass is 355 g/mol. The van der Waals surface area contributed by atoms with Crippen molar-refractivity contribution in [2.24, 2.45) is 5.92 Å². The molecule has 3 heterocycles. The van der Waals surface area contributed by atoms with E-state index in [0.29, 0.717) is 24.9 Å². The molecule has 0 radical (unpaired) electrons. The van der Waals surface area contributed by atoms with Gasteiger partial charge in [0.25, 0.3) is 5.56 Å². The van der Waals surface area contributed by atoms with Crippen LogP contribution in [0, 0.1) is 5.92 Å². The molecule has 0 aromatic carbocycles. The molecule has 0 bridgehead atoms. The molecule has 4 rings (SSSR count). The highest BCUT2D eigenvalue weighted by atomic mass is 32.1. The zero-order valence-corrected chi connectivity index (χ0v) is 15.3. The van der Waals surface area contributed by atoms with Crippen molar-refractivity contribution >= 4 is 21.6 Å². The van der Waals surface area contributed by atoms with Crippen molar-refractivity contribution in [3.05, 3.63) is 45.3 Å². The lowest BCUT2D eigenvalue weighted by Crippen LogP contribution is -2.26. The summed E-state index contributed by atoms with van der Waals surface area (Å²) in [5.74, 6) is 1.35.